The molecule has 5 N–H and O–H groups in total. The van der Waals surface area contributed by atoms with E-state index in [1.54, 1.807) is 11.8 Å². The quantitative estimate of drug-likeness (QED) is 0.462. The fourth-order valence-electron chi connectivity index (χ4n) is 2.77. The van der Waals surface area contributed by atoms with E-state index in [0.29, 0.717) is 18.9 Å². The van der Waals surface area contributed by atoms with E-state index in [-0.39, 0.29) is 30.1 Å². The second-order valence-corrected chi connectivity index (χ2v) is 7.40. The van der Waals surface area contributed by atoms with E-state index in [2.05, 4.69) is 10.6 Å². The Labute approximate surface area is 159 Å². The average molecular weight is 396 g/mol. The first-order valence-corrected chi connectivity index (χ1v) is 9.80. The molecule has 0 aromatic heterocycles. The van der Waals surface area contributed by atoms with Gasteiger partial charge < -0.3 is 21.5 Å². The number of amides is 2. The Bertz CT molecular complexity index is 445. The summed E-state index contributed by atoms with van der Waals surface area (Å²) >= 11 is 1.67. The van der Waals surface area contributed by atoms with Gasteiger partial charge in [0.1, 0.15) is 6.04 Å². The first-order chi connectivity index (χ1) is 11.3. The van der Waals surface area contributed by atoms with E-state index >= 15 is 0 Å². The molecule has 0 aromatic rings. The van der Waals surface area contributed by atoms with Crippen LogP contribution >= 0.6 is 24.2 Å². The van der Waals surface area contributed by atoms with Crippen LogP contribution in [0.3, 0.4) is 0 Å². The number of rotatable bonds is 9. The molecule has 1 rings (SSSR count). The van der Waals surface area contributed by atoms with Gasteiger partial charge in [0.25, 0.3) is 0 Å². The van der Waals surface area contributed by atoms with Crippen molar-refractivity contribution in [1.82, 2.24) is 10.6 Å². The first kappa shape index (κ1) is 24.0. The fraction of sp³-hybridized carbons (Fsp3) is 0.812. The van der Waals surface area contributed by atoms with Crippen LogP contribution in [0.15, 0.2) is 0 Å². The predicted octanol–water partition coefficient (Wildman–Crippen LogP) is 1.00. The van der Waals surface area contributed by atoms with Crippen LogP contribution in [0.2, 0.25) is 0 Å². The van der Waals surface area contributed by atoms with Gasteiger partial charge in [0.2, 0.25) is 11.8 Å². The molecule has 1 fully saturated rings. The molecule has 9 heteroatoms. The summed E-state index contributed by atoms with van der Waals surface area (Å²) in [6.07, 6.45) is 5.78. The molecule has 1 aliphatic carbocycles. The third-order valence-corrected chi connectivity index (χ3v) is 5.13. The van der Waals surface area contributed by atoms with E-state index in [9.17, 15) is 14.4 Å². The van der Waals surface area contributed by atoms with Crippen LogP contribution in [0, 0.1) is 11.8 Å². The molecule has 0 bridgehead atoms. The zero-order chi connectivity index (χ0) is 18.1. The lowest BCUT2D eigenvalue weighted by molar-refractivity contribution is -0.142. The van der Waals surface area contributed by atoms with Crippen molar-refractivity contribution in [2.24, 2.45) is 17.6 Å². The second kappa shape index (κ2) is 12.4. The second-order valence-electron chi connectivity index (χ2n) is 6.42. The first-order valence-electron chi connectivity index (χ1n) is 8.40. The molecule has 0 heterocycles. The zero-order valence-corrected chi connectivity index (χ0v) is 16.5. The van der Waals surface area contributed by atoms with Crippen molar-refractivity contribution in [3.05, 3.63) is 0 Å². The van der Waals surface area contributed by atoms with Crippen LogP contribution < -0.4 is 16.4 Å². The monoisotopic (exact) mass is 395 g/mol. The Morgan fingerprint density at radius 2 is 1.84 bits per heavy atom. The molecule has 1 saturated carbocycles. The normalized spacial score (nSPS) is 22.2. The minimum atomic E-state index is -1.03. The van der Waals surface area contributed by atoms with Gasteiger partial charge in [-0.2, -0.15) is 11.8 Å². The number of aliphatic carboxylic acids is 1. The van der Waals surface area contributed by atoms with Crippen LogP contribution in [0.4, 0.5) is 0 Å². The smallest absolute Gasteiger partial charge is 0.325 e. The van der Waals surface area contributed by atoms with Gasteiger partial charge in [-0.25, -0.2) is 0 Å². The Morgan fingerprint density at radius 3 is 2.36 bits per heavy atom. The number of carbonyl (C=O) groups is 3. The molecule has 2 atom stereocenters. The van der Waals surface area contributed by atoms with Gasteiger partial charge in [-0.15, -0.1) is 12.4 Å². The van der Waals surface area contributed by atoms with Crippen LogP contribution in [-0.2, 0) is 14.4 Å². The summed E-state index contributed by atoms with van der Waals surface area (Å²) in [5.41, 5.74) is 5.83. The van der Waals surface area contributed by atoms with Gasteiger partial charge in [-0.3, -0.25) is 14.4 Å². The number of nitrogens with one attached hydrogen (secondary N) is 2. The van der Waals surface area contributed by atoms with Crippen molar-refractivity contribution in [2.45, 2.75) is 51.1 Å². The summed E-state index contributed by atoms with van der Waals surface area (Å²) in [4.78, 5) is 34.7. The van der Waals surface area contributed by atoms with E-state index in [1.807, 2.05) is 6.26 Å². The van der Waals surface area contributed by atoms with E-state index in [0.717, 1.165) is 31.4 Å². The Kier molecular flexibility index (Phi) is 11.9. The summed E-state index contributed by atoms with van der Waals surface area (Å²) < 4.78 is 0. The number of carbonyl (C=O) groups excluding carboxylic acids is 2. The molecule has 0 aliphatic heterocycles. The highest BCUT2D eigenvalue weighted by Gasteiger charge is 2.28. The topological polar surface area (TPSA) is 122 Å². The van der Waals surface area contributed by atoms with E-state index in [4.69, 9.17) is 10.8 Å². The van der Waals surface area contributed by atoms with Crippen molar-refractivity contribution >= 4 is 42.0 Å². The number of carboxylic acids is 1. The average Bonchev–Trinajstić information content (AvgIpc) is 2.57. The minimum Gasteiger partial charge on any atom is -0.480 e. The van der Waals surface area contributed by atoms with Crippen molar-refractivity contribution in [3.8, 4) is 0 Å². The van der Waals surface area contributed by atoms with Gasteiger partial charge >= 0.3 is 5.97 Å². The van der Waals surface area contributed by atoms with E-state index in [1.165, 1.54) is 6.92 Å². The summed E-state index contributed by atoms with van der Waals surface area (Å²) in [6.45, 7) is 2.05. The Hall–Kier alpha value is -0.990. The summed E-state index contributed by atoms with van der Waals surface area (Å²) in [7, 11) is 0. The predicted molar refractivity (Wildman–Crippen MR) is 102 cm³/mol. The fourth-order valence-corrected chi connectivity index (χ4v) is 3.26. The molecule has 146 valence electrons. The Morgan fingerprint density at radius 1 is 1.24 bits per heavy atom. The van der Waals surface area contributed by atoms with Gasteiger partial charge in [0.05, 0.1) is 6.04 Å². The molecule has 0 spiro atoms. The van der Waals surface area contributed by atoms with E-state index < -0.39 is 18.1 Å². The summed E-state index contributed by atoms with van der Waals surface area (Å²) in [5.74, 6) is -0.253. The lowest BCUT2D eigenvalue weighted by Crippen LogP contribution is -2.44. The molecule has 2 amide bonds. The van der Waals surface area contributed by atoms with Crippen molar-refractivity contribution in [3.63, 3.8) is 0 Å². The number of nitrogens with two attached hydrogens (primary N) is 1. The molecule has 0 saturated heterocycles. The SMILES string of the molecule is CSCC[C@H](N)C(=O)NCC1CCC(C(=O)N[C@H](C)C(=O)O)CC1.Cl. The van der Waals surface area contributed by atoms with Crippen molar-refractivity contribution in [1.29, 1.82) is 0 Å². The van der Waals surface area contributed by atoms with Gasteiger partial charge in [-0.05, 0) is 57.0 Å². The van der Waals surface area contributed by atoms with Gasteiger partial charge in [0, 0.05) is 12.5 Å². The third kappa shape index (κ3) is 8.78. The Balaban J connectivity index is 0.00000576. The number of halogens is 1. The lowest BCUT2D eigenvalue weighted by Gasteiger charge is -2.28. The highest BCUT2D eigenvalue weighted by molar-refractivity contribution is 7.98. The van der Waals surface area contributed by atoms with Gasteiger partial charge in [-0.1, -0.05) is 0 Å². The summed E-state index contributed by atoms with van der Waals surface area (Å²) in [5, 5.41) is 14.2. The molecule has 0 radical (unpaired) electrons. The lowest BCUT2D eigenvalue weighted by atomic mass is 9.81. The summed E-state index contributed by atoms with van der Waals surface area (Å²) in [6, 6.07) is -1.32. The highest BCUT2D eigenvalue weighted by atomic mass is 35.5. The zero-order valence-electron chi connectivity index (χ0n) is 14.8. The molecule has 7 nitrogen and oxygen atoms in total. The molecule has 1 aliphatic rings. The number of hydrogen-bond acceptors (Lipinski definition) is 5. The maximum Gasteiger partial charge on any atom is 0.325 e. The molecule has 25 heavy (non-hydrogen) atoms. The van der Waals surface area contributed by atoms with Crippen LogP contribution in [0.1, 0.15) is 39.0 Å². The number of thioether (sulfide) groups is 1. The number of hydrogen-bond donors (Lipinski definition) is 4. The van der Waals surface area contributed by atoms with Crippen LogP contribution in [0.25, 0.3) is 0 Å². The van der Waals surface area contributed by atoms with Crippen molar-refractivity contribution < 1.29 is 19.5 Å². The maximum atomic E-state index is 12.0. The molecule has 0 unspecified atom stereocenters. The maximum absolute atomic E-state index is 12.0. The van der Waals surface area contributed by atoms with Crippen LogP contribution in [0.5, 0.6) is 0 Å². The van der Waals surface area contributed by atoms with Crippen molar-refractivity contribution in [2.75, 3.05) is 18.6 Å². The third-order valence-electron chi connectivity index (χ3n) is 4.48. The number of carboxylic acid groups (broad SMARTS) is 1. The van der Waals surface area contributed by atoms with Crippen LogP contribution in [-0.4, -0.2) is 53.5 Å². The largest absolute Gasteiger partial charge is 0.480 e. The minimum absolute atomic E-state index is 0. The molecule has 0 aromatic carbocycles. The van der Waals surface area contributed by atoms with Gasteiger partial charge in [0.15, 0.2) is 0 Å². The standard InChI is InChI=1S/C16H29N3O4S.ClH/c1-10(16(22)23)19-14(20)12-5-3-11(4-6-12)9-18-15(21)13(17)7-8-24-2;/h10-13H,3-9,17H2,1-2H3,(H,18,21)(H,19,20)(H,22,23);1H/t10-,11?,12?,13+;/m1./s1. The molecular formula is C16H30ClN3O4S. The highest BCUT2D eigenvalue weighted by Crippen LogP contribution is 2.28. The molecular weight excluding hydrogens is 366 g/mol.